The van der Waals surface area contributed by atoms with Crippen molar-refractivity contribution in [3.8, 4) is 0 Å². The summed E-state index contributed by atoms with van der Waals surface area (Å²) < 4.78 is 5.30. The van der Waals surface area contributed by atoms with Crippen LogP contribution in [-0.4, -0.2) is 73.9 Å². The number of morpholine rings is 1. The highest BCUT2D eigenvalue weighted by Gasteiger charge is 2.25. The Hall–Kier alpha value is -0.650. The average Bonchev–Trinajstić information content (AvgIpc) is 2.19. The second-order valence-electron chi connectivity index (χ2n) is 4.09. The summed E-state index contributed by atoms with van der Waals surface area (Å²) in [6.45, 7) is 2.46. The number of hydrogen-bond acceptors (Lipinski definition) is 4. The van der Waals surface area contributed by atoms with Crippen LogP contribution in [0.1, 0.15) is 6.42 Å². The van der Waals surface area contributed by atoms with Crippen LogP contribution in [0, 0.1) is 0 Å². The summed E-state index contributed by atoms with van der Waals surface area (Å²) in [5, 5.41) is 8.80. The first kappa shape index (κ1) is 12.4. The molecule has 0 aliphatic carbocycles. The zero-order valence-corrected chi connectivity index (χ0v) is 9.48. The zero-order valence-electron chi connectivity index (χ0n) is 9.48. The molecule has 0 aromatic heterocycles. The number of carbonyl (C=O) groups excluding carboxylic acids is 1. The predicted octanol–water partition coefficient (Wildman–Crippen LogP) is -0.842. The maximum Gasteiger partial charge on any atom is 0.248 e. The maximum atomic E-state index is 11.5. The molecule has 0 aromatic rings. The summed E-state index contributed by atoms with van der Waals surface area (Å²) in [6.07, 6.45) is 0.598. The van der Waals surface area contributed by atoms with Crippen molar-refractivity contribution in [2.24, 2.45) is 0 Å². The molecule has 5 nitrogen and oxygen atoms in total. The molecule has 0 bridgehead atoms. The summed E-state index contributed by atoms with van der Waals surface area (Å²) in [5.74, 6) is 0.0473. The number of ether oxygens (including phenoxy) is 1. The fraction of sp³-hybridized carbons (Fsp3) is 0.900. The van der Waals surface area contributed by atoms with Crippen LogP contribution in [0.5, 0.6) is 0 Å². The van der Waals surface area contributed by atoms with Crippen molar-refractivity contribution >= 4 is 5.91 Å². The standard InChI is InChI=1S/C10H20N2O3/c1-11(2)4-5-12-7-9(3-6-13)15-8-10(12)14/h9,13H,3-8H2,1-2H3. The molecule has 1 heterocycles. The number of aliphatic hydroxyl groups is 1. The number of likely N-dealkylation sites (N-methyl/N-ethyl adjacent to an activating group) is 1. The topological polar surface area (TPSA) is 53.0 Å². The van der Waals surface area contributed by atoms with Crippen molar-refractivity contribution in [2.45, 2.75) is 12.5 Å². The van der Waals surface area contributed by atoms with Crippen LogP contribution < -0.4 is 0 Å². The van der Waals surface area contributed by atoms with E-state index in [1.807, 2.05) is 23.9 Å². The molecule has 15 heavy (non-hydrogen) atoms. The van der Waals surface area contributed by atoms with Gasteiger partial charge in [-0.1, -0.05) is 0 Å². The molecular formula is C10H20N2O3. The van der Waals surface area contributed by atoms with Crippen molar-refractivity contribution in [1.82, 2.24) is 9.80 Å². The van der Waals surface area contributed by atoms with Gasteiger partial charge in [-0.05, 0) is 20.5 Å². The lowest BCUT2D eigenvalue weighted by Crippen LogP contribution is -2.48. The van der Waals surface area contributed by atoms with Gasteiger partial charge in [-0.15, -0.1) is 0 Å². The number of carbonyl (C=O) groups is 1. The molecule has 0 radical (unpaired) electrons. The van der Waals surface area contributed by atoms with Gasteiger partial charge in [-0.2, -0.15) is 0 Å². The van der Waals surface area contributed by atoms with Crippen LogP contribution >= 0.6 is 0 Å². The highest BCUT2D eigenvalue weighted by Crippen LogP contribution is 2.08. The molecule has 1 fully saturated rings. The van der Waals surface area contributed by atoms with E-state index in [-0.39, 0.29) is 25.2 Å². The van der Waals surface area contributed by atoms with Crippen molar-refractivity contribution in [2.75, 3.05) is 46.9 Å². The Morgan fingerprint density at radius 2 is 2.33 bits per heavy atom. The normalized spacial score (nSPS) is 22.5. The molecule has 88 valence electrons. The molecule has 1 saturated heterocycles. The molecule has 5 heteroatoms. The Morgan fingerprint density at radius 3 is 2.93 bits per heavy atom. The highest BCUT2D eigenvalue weighted by atomic mass is 16.5. The van der Waals surface area contributed by atoms with Crippen molar-refractivity contribution in [3.63, 3.8) is 0 Å². The van der Waals surface area contributed by atoms with Gasteiger partial charge in [0, 0.05) is 26.2 Å². The Labute approximate surface area is 90.6 Å². The van der Waals surface area contributed by atoms with E-state index in [9.17, 15) is 4.79 Å². The van der Waals surface area contributed by atoms with Gasteiger partial charge in [0.05, 0.1) is 6.10 Å². The molecule has 1 atom stereocenters. The van der Waals surface area contributed by atoms with Crippen LogP contribution in [0.25, 0.3) is 0 Å². The quantitative estimate of drug-likeness (QED) is 0.651. The Bertz CT molecular complexity index is 209. The first-order chi connectivity index (χ1) is 7.13. The Morgan fingerprint density at radius 1 is 1.60 bits per heavy atom. The number of hydrogen-bond donors (Lipinski definition) is 1. The van der Waals surface area contributed by atoms with Crippen molar-refractivity contribution < 1.29 is 14.6 Å². The average molecular weight is 216 g/mol. The van der Waals surface area contributed by atoms with E-state index in [1.165, 1.54) is 0 Å². The van der Waals surface area contributed by atoms with Gasteiger partial charge in [-0.3, -0.25) is 4.79 Å². The predicted molar refractivity (Wildman–Crippen MR) is 56.6 cm³/mol. The SMILES string of the molecule is CN(C)CCN1CC(CCO)OCC1=O. The lowest BCUT2D eigenvalue weighted by Gasteiger charge is -2.33. The Kier molecular flexibility index (Phi) is 5.01. The molecule has 0 saturated carbocycles. The van der Waals surface area contributed by atoms with Gasteiger partial charge in [0.2, 0.25) is 5.91 Å². The van der Waals surface area contributed by atoms with Crippen LogP contribution in [0.3, 0.4) is 0 Å². The number of nitrogens with zero attached hydrogens (tertiary/aromatic N) is 2. The number of amides is 1. The second-order valence-corrected chi connectivity index (χ2v) is 4.09. The fourth-order valence-electron chi connectivity index (χ4n) is 1.54. The highest BCUT2D eigenvalue weighted by molar-refractivity contribution is 5.78. The third kappa shape index (κ3) is 4.15. The molecule has 1 aliphatic heterocycles. The molecule has 0 aromatic carbocycles. The largest absolute Gasteiger partial charge is 0.396 e. The van der Waals surface area contributed by atoms with Crippen molar-refractivity contribution in [3.05, 3.63) is 0 Å². The number of aliphatic hydroxyl groups excluding tert-OH is 1. The summed E-state index contributed by atoms with van der Waals surface area (Å²) in [5.41, 5.74) is 0. The van der Waals surface area contributed by atoms with E-state index in [0.717, 1.165) is 13.1 Å². The fourth-order valence-corrected chi connectivity index (χ4v) is 1.54. The minimum atomic E-state index is -0.00476. The molecule has 1 N–H and O–H groups in total. The molecular weight excluding hydrogens is 196 g/mol. The van der Waals surface area contributed by atoms with Crippen molar-refractivity contribution in [1.29, 1.82) is 0 Å². The minimum absolute atomic E-state index is 0.00476. The van der Waals surface area contributed by atoms with E-state index in [1.54, 1.807) is 0 Å². The lowest BCUT2D eigenvalue weighted by atomic mass is 10.2. The van der Waals surface area contributed by atoms with Crippen LogP contribution in [0.4, 0.5) is 0 Å². The molecule has 1 amide bonds. The maximum absolute atomic E-state index is 11.5. The van der Waals surface area contributed by atoms with Crippen LogP contribution in [0.15, 0.2) is 0 Å². The van der Waals surface area contributed by atoms with E-state index >= 15 is 0 Å². The first-order valence-electron chi connectivity index (χ1n) is 5.28. The van der Waals surface area contributed by atoms with Crippen LogP contribution in [0.2, 0.25) is 0 Å². The molecule has 1 rings (SSSR count). The monoisotopic (exact) mass is 216 g/mol. The molecule has 1 aliphatic rings. The minimum Gasteiger partial charge on any atom is -0.396 e. The number of rotatable bonds is 5. The molecule has 0 spiro atoms. The Balaban J connectivity index is 2.36. The van der Waals surface area contributed by atoms with E-state index in [0.29, 0.717) is 13.0 Å². The van der Waals surface area contributed by atoms with E-state index in [4.69, 9.17) is 9.84 Å². The van der Waals surface area contributed by atoms with Crippen LogP contribution in [-0.2, 0) is 9.53 Å². The summed E-state index contributed by atoms with van der Waals surface area (Å²) >= 11 is 0. The lowest BCUT2D eigenvalue weighted by molar-refractivity contribution is -0.149. The van der Waals surface area contributed by atoms with Gasteiger partial charge in [-0.25, -0.2) is 0 Å². The van der Waals surface area contributed by atoms with Gasteiger partial charge >= 0.3 is 0 Å². The van der Waals surface area contributed by atoms with E-state index in [2.05, 4.69) is 0 Å². The summed E-state index contributed by atoms with van der Waals surface area (Å²) in [4.78, 5) is 15.3. The zero-order chi connectivity index (χ0) is 11.3. The van der Waals surface area contributed by atoms with E-state index < -0.39 is 0 Å². The summed E-state index contributed by atoms with van der Waals surface area (Å²) in [6, 6.07) is 0. The van der Waals surface area contributed by atoms with Gasteiger partial charge in [0.25, 0.3) is 0 Å². The van der Waals surface area contributed by atoms with Gasteiger partial charge in [0.1, 0.15) is 6.61 Å². The third-order valence-electron chi connectivity index (χ3n) is 2.49. The third-order valence-corrected chi connectivity index (χ3v) is 2.49. The second kappa shape index (κ2) is 6.05. The first-order valence-corrected chi connectivity index (χ1v) is 5.28. The molecule has 1 unspecified atom stereocenters. The van der Waals surface area contributed by atoms with Gasteiger partial charge < -0.3 is 19.6 Å². The van der Waals surface area contributed by atoms with Gasteiger partial charge in [0.15, 0.2) is 0 Å². The smallest absolute Gasteiger partial charge is 0.248 e. The summed E-state index contributed by atoms with van der Waals surface area (Å²) in [7, 11) is 3.96.